The number of halogens is 2. The molecule has 0 amide bonds. The summed E-state index contributed by atoms with van der Waals surface area (Å²) < 4.78 is 13.7. The number of benzene rings is 1. The molecule has 0 aromatic heterocycles. The van der Waals surface area contributed by atoms with Crippen molar-refractivity contribution < 1.29 is 14.3 Å². The molecule has 0 heterocycles. The van der Waals surface area contributed by atoms with Gasteiger partial charge in [0.05, 0.1) is 5.92 Å². The standard InChI is InChI=1S/C14H16ClFO2/c15-12-6-3-7-13(16)11(12)8-9-4-1-2-5-10(9)14(17)18/h3,6-7,9-10H,1-2,4-5,8H2,(H,17,18). The highest BCUT2D eigenvalue weighted by Crippen LogP contribution is 2.34. The Kier molecular flexibility index (Phi) is 4.23. The number of carboxylic acids is 1. The Bertz CT molecular complexity index is 427. The fraction of sp³-hybridized carbons (Fsp3) is 0.500. The monoisotopic (exact) mass is 270 g/mol. The van der Waals surface area contributed by atoms with Crippen LogP contribution in [-0.2, 0) is 11.2 Å². The van der Waals surface area contributed by atoms with E-state index in [1.54, 1.807) is 12.1 Å². The second kappa shape index (κ2) is 5.70. The van der Waals surface area contributed by atoms with Crippen LogP contribution in [0, 0.1) is 17.7 Å². The molecule has 1 aromatic carbocycles. The molecular formula is C14H16ClFO2. The van der Waals surface area contributed by atoms with Gasteiger partial charge in [-0.05, 0) is 37.3 Å². The Balaban J connectivity index is 2.18. The summed E-state index contributed by atoms with van der Waals surface area (Å²) in [4.78, 5) is 11.2. The molecule has 0 bridgehead atoms. The van der Waals surface area contributed by atoms with Crippen molar-refractivity contribution in [2.24, 2.45) is 11.8 Å². The molecule has 2 unspecified atom stereocenters. The zero-order chi connectivity index (χ0) is 13.1. The van der Waals surface area contributed by atoms with E-state index >= 15 is 0 Å². The number of carbonyl (C=O) groups is 1. The van der Waals surface area contributed by atoms with E-state index in [0.717, 1.165) is 19.3 Å². The molecule has 0 spiro atoms. The molecule has 2 nitrogen and oxygen atoms in total. The number of carboxylic acid groups (broad SMARTS) is 1. The molecule has 2 rings (SSSR count). The van der Waals surface area contributed by atoms with Crippen LogP contribution in [0.5, 0.6) is 0 Å². The molecule has 4 heteroatoms. The van der Waals surface area contributed by atoms with Crippen LogP contribution in [0.3, 0.4) is 0 Å². The van der Waals surface area contributed by atoms with Crippen LogP contribution in [0.25, 0.3) is 0 Å². The van der Waals surface area contributed by atoms with Gasteiger partial charge in [0.2, 0.25) is 0 Å². The largest absolute Gasteiger partial charge is 0.481 e. The van der Waals surface area contributed by atoms with Gasteiger partial charge in [-0.1, -0.05) is 30.5 Å². The van der Waals surface area contributed by atoms with Crippen molar-refractivity contribution in [2.45, 2.75) is 32.1 Å². The van der Waals surface area contributed by atoms with Crippen LogP contribution in [0.4, 0.5) is 4.39 Å². The van der Waals surface area contributed by atoms with Gasteiger partial charge in [-0.15, -0.1) is 0 Å². The molecule has 18 heavy (non-hydrogen) atoms. The van der Waals surface area contributed by atoms with Crippen molar-refractivity contribution in [2.75, 3.05) is 0 Å². The maximum atomic E-state index is 13.7. The fourth-order valence-electron chi connectivity index (χ4n) is 2.77. The Labute approximate surface area is 111 Å². The summed E-state index contributed by atoms with van der Waals surface area (Å²) in [5.74, 6) is -1.48. The molecule has 0 radical (unpaired) electrons. The van der Waals surface area contributed by atoms with Crippen LogP contribution >= 0.6 is 11.6 Å². The third-order valence-electron chi connectivity index (χ3n) is 3.75. The van der Waals surface area contributed by atoms with Gasteiger partial charge in [0, 0.05) is 10.6 Å². The number of aliphatic carboxylic acids is 1. The zero-order valence-corrected chi connectivity index (χ0v) is 10.8. The van der Waals surface area contributed by atoms with Crippen LogP contribution in [0.1, 0.15) is 31.2 Å². The highest BCUT2D eigenvalue weighted by atomic mass is 35.5. The van der Waals surface area contributed by atoms with Gasteiger partial charge >= 0.3 is 5.97 Å². The summed E-state index contributed by atoms with van der Waals surface area (Å²) in [5.41, 5.74) is 0.456. The fourth-order valence-corrected chi connectivity index (χ4v) is 3.01. The summed E-state index contributed by atoms with van der Waals surface area (Å²) in [6, 6.07) is 4.59. The van der Waals surface area contributed by atoms with E-state index in [1.807, 2.05) is 0 Å². The molecule has 1 fully saturated rings. The van der Waals surface area contributed by atoms with E-state index in [2.05, 4.69) is 0 Å². The van der Waals surface area contributed by atoms with Gasteiger partial charge < -0.3 is 5.11 Å². The van der Waals surface area contributed by atoms with Gasteiger partial charge in [-0.2, -0.15) is 0 Å². The second-order valence-electron chi connectivity index (χ2n) is 4.89. The van der Waals surface area contributed by atoms with Crippen molar-refractivity contribution in [1.29, 1.82) is 0 Å². The van der Waals surface area contributed by atoms with Gasteiger partial charge in [-0.25, -0.2) is 4.39 Å². The van der Waals surface area contributed by atoms with E-state index < -0.39 is 5.97 Å². The molecule has 2 atom stereocenters. The topological polar surface area (TPSA) is 37.3 Å². The third kappa shape index (κ3) is 2.83. The Morgan fingerprint density at radius 2 is 2.11 bits per heavy atom. The summed E-state index contributed by atoms with van der Waals surface area (Å²) in [6.07, 6.45) is 3.90. The first-order valence-corrected chi connectivity index (χ1v) is 6.63. The predicted molar refractivity (Wildman–Crippen MR) is 68.2 cm³/mol. The van der Waals surface area contributed by atoms with E-state index in [1.165, 1.54) is 6.07 Å². The second-order valence-corrected chi connectivity index (χ2v) is 5.30. The highest BCUT2D eigenvalue weighted by molar-refractivity contribution is 6.31. The minimum Gasteiger partial charge on any atom is -0.481 e. The Morgan fingerprint density at radius 3 is 2.78 bits per heavy atom. The van der Waals surface area contributed by atoms with E-state index in [-0.39, 0.29) is 17.7 Å². The highest BCUT2D eigenvalue weighted by Gasteiger charge is 2.31. The van der Waals surface area contributed by atoms with Crippen LogP contribution < -0.4 is 0 Å². The first-order valence-electron chi connectivity index (χ1n) is 6.25. The lowest BCUT2D eigenvalue weighted by molar-refractivity contribution is -0.144. The average molecular weight is 271 g/mol. The number of rotatable bonds is 3. The van der Waals surface area contributed by atoms with Crippen molar-refractivity contribution >= 4 is 17.6 Å². The van der Waals surface area contributed by atoms with E-state index in [9.17, 15) is 14.3 Å². The van der Waals surface area contributed by atoms with E-state index in [0.29, 0.717) is 23.4 Å². The van der Waals surface area contributed by atoms with Gasteiger partial charge in [-0.3, -0.25) is 4.79 Å². The number of hydrogen-bond acceptors (Lipinski definition) is 1. The molecular weight excluding hydrogens is 255 g/mol. The van der Waals surface area contributed by atoms with E-state index in [4.69, 9.17) is 11.6 Å². The molecule has 1 aliphatic carbocycles. The van der Waals surface area contributed by atoms with Crippen molar-refractivity contribution in [1.82, 2.24) is 0 Å². The lowest BCUT2D eigenvalue weighted by atomic mass is 9.76. The molecule has 0 aliphatic heterocycles. The zero-order valence-electron chi connectivity index (χ0n) is 10.0. The Hall–Kier alpha value is -1.09. The minimum atomic E-state index is -0.771. The lowest BCUT2D eigenvalue weighted by Gasteiger charge is -2.28. The molecule has 98 valence electrons. The molecule has 1 N–H and O–H groups in total. The van der Waals surface area contributed by atoms with Crippen LogP contribution in [-0.4, -0.2) is 11.1 Å². The predicted octanol–water partition coefficient (Wildman–Crippen LogP) is 3.91. The van der Waals surface area contributed by atoms with Crippen molar-refractivity contribution in [3.63, 3.8) is 0 Å². The average Bonchev–Trinajstić information content (AvgIpc) is 2.34. The molecule has 1 saturated carbocycles. The lowest BCUT2D eigenvalue weighted by Crippen LogP contribution is -2.28. The van der Waals surface area contributed by atoms with Crippen LogP contribution in [0.2, 0.25) is 5.02 Å². The van der Waals surface area contributed by atoms with Gasteiger partial charge in [0.25, 0.3) is 0 Å². The first-order chi connectivity index (χ1) is 8.59. The summed E-state index contributed by atoms with van der Waals surface area (Å²) >= 11 is 5.99. The maximum absolute atomic E-state index is 13.7. The van der Waals surface area contributed by atoms with Gasteiger partial charge in [0.1, 0.15) is 5.82 Å². The maximum Gasteiger partial charge on any atom is 0.306 e. The first kappa shape index (κ1) is 13.3. The normalized spacial score (nSPS) is 23.9. The van der Waals surface area contributed by atoms with Crippen LogP contribution in [0.15, 0.2) is 18.2 Å². The summed E-state index contributed by atoms with van der Waals surface area (Å²) in [7, 11) is 0. The summed E-state index contributed by atoms with van der Waals surface area (Å²) in [6.45, 7) is 0. The van der Waals surface area contributed by atoms with Gasteiger partial charge in [0.15, 0.2) is 0 Å². The molecule has 1 aliphatic rings. The Morgan fingerprint density at radius 1 is 1.39 bits per heavy atom. The van der Waals surface area contributed by atoms with Crippen molar-refractivity contribution in [3.05, 3.63) is 34.6 Å². The SMILES string of the molecule is O=C(O)C1CCCCC1Cc1c(F)cccc1Cl. The molecule has 0 saturated heterocycles. The minimum absolute atomic E-state index is 0.00866. The molecule has 1 aromatic rings. The quantitative estimate of drug-likeness (QED) is 0.904. The third-order valence-corrected chi connectivity index (χ3v) is 4.11. The van der Waals surface area contributed by atoms with Crippen molar-refractivity contribution in [3.8, 4) is 0 Å². The summed E-state index contributed by atoms with van der Waals surface area (Å²) in [5, 5.41) is 9.59. The number of hydrogen-bond donors (Lipinski definition) is 1. The smallest absolute Gasteiger partial charge is 0.306 e.